The molecule has 1 amide bonds. The zero-order valence-electron chi connectivity index (χ0n) is 15.8. The van der Waals surface area contributed by atoms with Crippen molar-refractivity contribution in [3.05, 3.63) is 58.1 Å². The minimum absolute atomic E-state index is 0.000205. The van der Waals surface area contributed by atoms with Gasteiger partial charge in [-0.25, -0.2) is 21.6 Å². The third kappa shape index (κ3) is 5.73. The van der Waals surface area contributed by atoms with Crippen LogP contribution in [0.2, 0.25) is 10.0 Å². The van der Waals surface area contributed by atoms with E-state index in [2.05, 4.69) is 10.0 Å². The fourth-order valence-corrected chi connectivity index (χ4v) is 6.19. The van der Waals surface area contributed by atoms with E-state index in [9.17, 15) is 21.6 Å². The Morgan fingerprint density at radius 3 is 2.30 bits per heavy atom. The lowest BCUT2D eigenvalue weighted by Crippen LogP contribution is -2.28. The summed E-state index contributed by atoms with van der Waals surface area (Å²) < 4.78 is 51.9. The number of rotatable bonds is 9. The summed E-state index contributed by atoms with van der Waals surface area (Å²) in [6, 6.07) is 10.2. The van der Waals surface area contributed by atoms with Crippen molar-refractivity contribution in [2.75, 3.05) is 12.3 Å². The Kier molecular flexibility index (Phi) is 7.09. The first-order chi connectivity index (χ1) is 14.1. The highest BCUT2D eigenvalue weighted by Gasteiger charge is 2.30. The van der Waals surface area contributed by atoms with E-state index in [0.29, 0.717) is 0 Å². The third-order valence-electron chi connectivity index (χ3n) is 4.43. The summed E-state index contributed by atoms with van der Waals surface area (Å²) >= 11 is 12.1. The van der Waals surface area contributed by atoms with Crippen LogP contribution in [0.3, 0.4) is 0 Å². The lowest BCUT2D eigenvalue weighted by atomic mass is 10.2. The molecule has 1 saturated carbocycles. The van der Waals surface area contributed by atoms with Gasteiger partial charge in [0.25, 0.3) is 5.91 Å². The second-order valence-corrected chi connectivity index (χ2v) is 11.5. The minimum Gasteiger partial charge on any atom is -0.352 e. The summed E-state index contributed by atoms with van der Waals surface area (Å²) in [6.45, 7) is 0.0757. The number of halogens is 2. The van der Waals surface area contributed by atoms with Gasteiger partial charge in [-0.1, -0.05) is 41.4 Å². The second kappa shape index (κ2) is 9.23. The molecule has 2 aromatic carbocycles. The highest BCUT2D eigenvalue weighted by atomic mass is 35.5. The van der Waals surface area contributed by atoms with Crippen molar-refractivity contribution in [2.24, 2.45) is 0 Å². The van der Waals surface area contributed by atoms with Crippen LogP contribution in [-0.2, 0) is 19.9 Å². The van der Waals surface area contributed by atoms with Gasteiger partial charge < -0.3 is 5.32 Å². The van der Waals surface area contributed by atoms with Crippen LogP contribution in [0.4, 0.5) is 0 Å². The Balaban J connectivity index is 1.64. The van der Waals surface area contributed by atoms with Crippen molar-refractivity contribution in [3.8, 4) is 0 Å². The summed E-state index contributed by atoms with van der Waals surface area (Å²) in [4.78, 5) is 12.5. The molecule has 0 spiro atoms. The lowest BCUT2D eigenvalue weighted by molar-refractivity contribution is 0.0953. The van der Waals surface area contributed by atoms with Crippen molar-refractivity contribution in [2.45, 2.75) is 35.1 Å². The molecule has 0 radical (unpaired) electrons. The Labute approximate surface area is 185 Å². The normalized spacial score (nSPS) is 14.5. The standard InChI is InChI=1S/C19H20Cl2N2O5S2/c20-16-12-17(21)18(30(27,28)23-13-7-8-13)11-15(16)19(24)22-9-4-10-29(25,26)14-5-2-1-3-6-14/h1-3,5-6,11-13,23H,4,7-10H2,(H,22,24). The molecule has 0 unspecified atom stereocenters. The smallest absolute Gasteiger partial charge is 0.252 e. The first-order valence-corrected chi connectivity index (χ1v) is 13.1. The average molecular weight is 491 g/mol. The molecule has 1 aliphatic carbocycles. The van der Waals surface area contributed by atoms with Gasteiger partial charge in [-0.05, 0) is 43.5 Å². The topological polar surface area (TPSA) is 109 Å². The number of hydrogen-bond donors (Lipinski definition) is 2. The minimum atomic E-state index is -3.88. The molecule has 0 atom stereocenters. The van der Waals surface area contributed by atoms with E-state index < -0.39 is 25.8 Å². The monoisotopic (exact) mass is 490 g/mol. The molecule has 162 valence electrons. The van der Waals surface area contributed by atoms with Gasteiger partial charge in [0.2, 0.25) is 10.0 Å². The lowest BCUT2D eigenvalue weighted by Gasteiger charge is -2.12. The molecule has 0 saturated heterocycles. The van der Waals surface area contributed by atoms with E-state index in [1.54, 1.807) is 18.2 Å². The van der Waals surface area contributed by atoms with E-state index in [0.717, 1.165) is 18.9 Å². The van der Waals surface area contributed by atoms with Crippen LogP contribution in [0.25, 0.3) is 0 Å². The van der Waals surface area contributed by atoms with Crippen LogP contribution in [0, 0.1) is 0 Å². The van der Waals surface area contributed by atoms with Crippen LogP contribution in [0.1, 0.15) is 29.6 Å². The van der Waals surface area contributed by atoms with Crippen LogP contribution in [0.5, 0.6) is 0 Å². The van der Waals surface area contributed by atoms with Gasteiger partial charge in [0.15, 0.2) is 9.84 Å². The van der Waals surface area contributed by atoms with E-state index in [4.69, 9.17) is 23.2 Å². The molecule has 0 heterocycles. The van der Waals surface area contributed by atoms with E-state index >= 15 is 0 Å². The molecule has 3 rings (SSSR count). The predicted molar refractivity (Wildman–Crippen MR) is 115 cm³/mol. The molecule has 1 aliphatic rings. The molecule has 2 N–H and O–H groups in total. The maximum absolute atomic E-state index is 12.5. The van der Waals surface area contributed by atoms with Crippen molar-refractivity contribution >= 4 is 49.0 Å². The van der Waals surface area contributed by atoms with Gasteiger partial charge in [0, 0.05) is 12.6 Å². The number of hydrogen-bond acceptors (Lipinski definition) is 5. The average Bonchev–Trinajstić information content (AvgIpc) is 3.49. The number of amides is 1. The molecule has 2 aromatic rings. The molecule has 1 fully saturated rings. The maximum Gasteiger partial charge on any atom is 0.252 e. The highest BCUT2D eigenvalue weighted by Crippen LogP contribution is 2.30. The quantitative estimate of drug-likeness (QED) is 0.524. The SMILES string of the molecule is O=C(NCCCS(=O)(=O)c1ccccc1)c1cc(S(=O)(=O)NC2CC2)c(Cl)cc1Cl. The van der Waals surface area contributed by atoms with Gasteiger partial charge in [0.05, 0.1) is 26.3 Å². The summed E-state index contributed by atoms with van der Waals surface area (Å²) in [7, 11) is -7.33. The first-order valence-electron chi connectivity index (χ1n) is 9.17. The molecule has 0 aliphatic heterocycles. The van der Waals surface area contributed by atoms with E-state index in [-0.39, 0.29) is 50.2 Å². The maximum atomic E-state index is 12.5. The molecule has 30 heavy (non-hydrogen) atoms. The van der Waals surface area contributed by atoms with Gasteiger partial charge >= 0.3 is 0 Å². The molecular weight excluding hydrogens is 471 g/mol. The Morgan fingerprint density at radius 2 is 1.67 bits per heavy atom. The van der Waals surface area contributed by atoms with Crippen molar-refractivity contribution < 1.29 is 21.6 Å². The van der Waals surface area contributed by atoms with Crippen LogP contribution in [-0.4, -0.2) is 41.1 Å². The van der Waals surface area contributed by atoms with Crippen molar-refractivity contribution in [3.63, 3.8) is 0 Å². The van der Waals surface area contributed by atoms with Crippen LogP contribution in [0.15, 0.2) is 52.3 Å². The number of sulfonamides is 1. The van der Waals surface area contributed by atoms with Gasteiger partial charge in [-0.2, -0.15) is 0 Å². The Bertz CT molecular complexity index is 1150. The summed E-state index contributed by atoms with van der Waals surface area (Å²) in [5, 5.41) is 2.48. The van der Waals surface area contributed by atoms with Crippen molar-refractivity contribution in [1.82, 2.24) is 10.0 Å². The highest BCUT2D eigenvalue weighted by molar-refractivity contribution is 7.91. The Morgan fingerprint density at radius 1 is 1.00 bits per heavy atom. The zero-order valence-corrected chi connectivity index (χ0v) is 18.9. The zero-order chi connectivity index (χ0) is 21.9. The van der Waals surface area contributed by atoms with E-state index in [1.807, 2.05) is 0 Å². The molecule has 0 aromatic heterocycles. The van der Waals surface area contributed by atoms with Gasteiger partial charge in [0.1, 0.15) is 4.90 Å². The Hall–Kier alpha value is -1.65. The molecule has 0 bridgehead atoms. The van der Waals surface area contributed by atoms with Crippen LogP contribution >= 0.6 is 23.2 Å². The number of benzene rings is 2. The summed E-state index contributed by atoms with van der Waals surface area (Å²) in [5.74, 6) is -0.756. The largest absolute Gasteiger partial charge is 0.352 e. The van der Waals surface area contributed by atoms with E-state index in [1.165, 1.54) is 18.2 Å². The van der Waals surface area contributed by atoms with Crippen molar-refractivity contribution in [1.29, 1.82) is 0 Å². The second-order valence-electron chi connectivity index (χ2n) is 6.90. The number of carbonyl (C=O) groups excluding carboxylic acids is 1. The first kappa shape index (κ1) is 23.0. The summed E-state index contributed by atoms with van der Waals surface area (Å²) in [5.41, 5.74) is -0.0526. The fraction of sp³-hybridized carbons (Fsp3) is 0.316. The fourth-order valence-electron chi connectivity index (χ4n) is 2.70. The third-order valence-corrected chi connectivity index (χ3v) is 8.55. The number of sulfone groups is 1. The molecular formula is C19H20Cl2N2O5S2. The molecule has 7 nitrogen and oxygen atoms in total. The predicted octanol–water partition coefficient (Wildman–Crippen LogP) is 3.03. The van der Waals surface area contributed by atoms with Gasteiger partial charge in [-0.3, -0.25) is 4.79 Å². The van der Waals surface area contributed by atoms with Crippen LogP contribution < -0.4 is 10.0 Å². The van der Waals surface area contributed by atoms with Gasteiger partial charge in [-0.15, -0.1) is 0 Å². The number of carbonyl (C=O) groups is 1. The summed E-state index contributed by atoms with van der Waals surface area (Å²) in [6.07, 6.45) is 1.69. The molecule has 11 heteroatoms. The number of nitrogens with one attached hydrogen (secondary N) is 2.